The molecule has 3 rings (SSSR count). The zero-order valence-electron chi connectivity index (χ0n) is 14.2. The lowest BCUT2D eigenvalue weighted by molar-refractivity contribution is -0.142. The number of hydrogen-bond donors (Lipinski definition) is 2. The largest absolute Gasteiger partial charge is 0.479 e. The second-order valence-corrected chi connectivity index (χ2v) is 6.80. The molecule has 1 aromatic heterocycles. The molecule has 5 nitrogen and oxygen atoms in total. The fraction of sp³-hybridized carbons (Fsp3) is 0.150. The zero-order chi connectivity index (χ0) is 18.5. The molecule has 1 atom stereocenters. The zero-order valence-corrected chi connectivity index (χ0v) is 15.0. The molecule has 0 bridgehead atoms. The Balaban J connectivity index is 1.69. The summed E-state index contributed by atoms with van der Waals surface area (Å²) in [5.74, 6) is -1.47. The monoisotopic (exact) mass is 366 g/mol. The van der Waals surface area contributed by atoms with Crippen LogP contribution in [0, 0.1) is 6.92 Å². The molecule has 0 spiro atoms. The van der Waals surface area contributed by atoms with Crippen LogP contribution in [0.3, 0.4) is 0 Å². The first-order chi connectivity index (χ1) is 12.5. The maximum Gasteiger partial charge on any atom is 0.330 e. The molecule has 0 radical (unpaired) electrons. The number of aryl methyl sites for hydroxylation is 1. The molecule has 1 amide bonds. The normalized spacial score (nSPS) is 11.7. The molecule has 3 aromatic rings. The smallest absolute Gasteiger partial charge is 0.330 e. The van der Waals surface area contributed by atoms with E-state index in [0.717, 1.165) is 16.1 Å². The maximum absolute atomic E-state index is 12.3. The molecule has 0 saturated carbocycles. The van der Waals surface area contributed by atoms with Gasteiger partial charge in [0.2, 0.25) is 5.91 Å². The molecular formula is C20H18N2O3S. The first-order valence-electron chi connectivity index (χ1n) is 8.11. The van der Waals surface area contributed by atoms with Crippen molar-refractivity contribution in [1.82, 2.24) is 10.3 Å². The van der Waals surface area contributed by atoms with Gasteiger partial charge in [-0.05, 0) is 18.6 Å². The van der Waals surface area contributed by atoms with E-state index in [2.05, 4.69) is 10.3 Å². The Labute approximate surface area is 155 Å². The van der Waals surface area contributed by atoms with Crippen molar-refractivity contribution in [2.24, 2.45) is 0 Å². The van der Waals surface area contributed by atoms with Gasteiger partial charge in [0, 0.05) is 10.9 Å². The lowest BCUT2D eigenvalue weighted by Gasteiger charge is -2.14. The molecule has 2 aromatic carbocycles. The average Bonchev–Trinajstić information content (AvgIpc) is 3.08. The Hall–Kier alpha value is -2.99. The summed E-state index contributed by atoms with van der Waals surface area (Å²) in [6.45, 7) is 2.01. The van der Waals surface area contributed by atoms with E-state index in [0.29, 0.717) is 11.3 Å². The van der Waals surface area contributed by atoms with Gasteiger partial charge in [-0.2, -0.15) is 0 Å². The van der Waals surface area contributed by atoms with Crippen LogP contribution in [0.5, 0.6) is 0 Å². The number of nitrogens with zero attached hydrogens (tertiary/aromatic N) is 1. The number of carbonyl (C=O) groups excluding carboxylic acids is 1. The number of hydrogen-bond acceptors (Lipinski definition) is 4. The second-order valence-electron chi connectivity index (χ2n) is 5.94. The molecule has 0 aliphatic carbocycles. The maximum atomic E-state index is 12.3. The number of amides is 1. The van der Waals surface area contributed by atoms with E-state index in [1.165, 1.54) is 11.3 Å². The highest BCUT2D eigenvalue weighted by Crippen LogP contribution is 2.24. The third kappa shape index (κ3) is 4.34. The number of aliphatic carboxylic acids is 1. The molecule has 26 heavy (non-hydrogen) atoms. The van der Waals surface area contributed by atoms with Crippen LogP contribution < -0.4 is 5.32 Å². The SMILES string of the molecule is Cc1cccc(-c2nc(CC(=O)N[C@@H](C(=O)O)c3ccccc3)cs2)c1. The summed E-state index contributed by atoms with van der Waals surface area (Å²) >= 11 is 1.47. The average molecular weight is 366 g/mol. The number of carboxylic acids is 1. The molecule has 0 fully saturated rings. The summed E-state index contributed by atoms with van der Waals surface area (Å²) in [7, 11) is 0. The van der Waals surface area contributed by atoms with Crippen LogP contribution in [0.2, 0.25) is 0 Å². The van der Waals surface area contributed by atoms with Gasteiger partial charge in [-0.1, -0.05) is 54.1 Å². The highest BCUT2D eigenvalue weighted by molar-refractivity contribution is 7.13. The quantitative estimate of drug-likeness (QED) is 0.699. The number of carbonyl (C=O) groups is 2. The molecule has 1 heterocycles. The van der Waals surface area contributed by atoms with Crippen LogP contribution >= 0.6 is 11.3 Å². The number of nitrogens with one attached hydrogen (secondary N) is 1. The molecule has 0 unspecified atom stereocenters. The summed E-state index contributed by atoms with van der Waals surface area (Å²) in [6.07, 6.45) is 0.0406. The van der Waals surface area contributed by atoms with Crippen molar-refractivity contribution >= 4 is 23.2 Å². The first kappa shape index (κ1) is 17.8. The van der Waals surface area contributed by atoms with Crippen molar-refractivity contribution in [2.45, 2.75) is 19.4 Å². The predicted molar refractivity (Wildman–Crippen MR) is 101 cm³/mol. The molecule has 0 aliphatic rings. The van der Waals surface area contributed by atoms with Gasteiger partial charge < -0.3 is 10.4 Å². The summed E-state index contributed by atoms with van der Waals surface area (Å²) in [6, 6.07) is 15.6. The van der Waals surface area contributed by atoms with E-state index < -0.39 is 12.0 Å². The third-order valence-corrected chi connectivity index (χ3v) is 4.78. The fourth-order valence-electron chi connectivity index (χ4n) is 2.61. The summed E-state index contributed by atoms with van der Waals surface area (Å²) in [5.41, 5.74) is 3.31. The van der Waals surface area contributed by atoms with Gasteiger partial charge >= 0.3 is 5.97 Å². The molecule has 132 valence electrons. The van der Waals surface area contributed by atoms with Crippen molar-refractivity contribution < 1.29 is 14.7 Å². The van der Waals surface area contributed by atoms with Gasteiger partial charge in [-0.15, -0.1) is 11.3 Å². The minimum Gasteiger partial charge on any atom is -0.479 e. The van der Waals surface area contributed by atoms with Crippen LogP contribution in [-0.4, -0.2) is 22.0 Å². The van der Waals surface area contributed by atoms with Crippen molar-refractivity contribution in [3.05, 3.63) is 76.8 Å². The number of rotatable bonds is 6. The lowest BCUT2D eigenvalue weighted by atomic mass is 10.1. The highest BCUT2D eigenvalue weighted by Gasteiger charge is 2.22. The van der Waals surface area contributed by atoms with Crippen molar-refractivity contribution in [3.8, 4) is 10.6 Å². The highest BCUT2D eigenvalue weighted by atomic mass is 32.1. The molecule has 6 heteroatoms. The fourth-order valence-corrected chi connectivity index (χ4v) is 3.43. The molecule has 0 saturated heterocycles. The summed E-state index contributed by atoms with van der Waals surface area (Å²) in [5, 5.41) is 14.6. The third-order valence-electron chi connectivity index (χ3n) is 3.84. The van der Waals surface area contributed by atoms with E-state index in [-0.39, 0.29) is 12.3 Å². The second kappa shape index (κ2) is 7.93. The van der Waals surface area contributed by atoms with Gasteiger partial charge in [0.1, 0.15) is 5.01 Å². The first-order valence-corrected chi connectivity index (χ1v) is 8.99. The van der Waals surface area contributed by atoms with E-state index >= 15 is 0 Å². The van der Waals surface area contributed by atoms with Crippen LogP contribution in [0.1, 0.15) is 22.9 Å². The topological polar surface area (TPSA) is 79.3 Å². The molecule has 2 N–H and O–H groups in total. The Morgan fingerprint density at radius 2 is 1.92 bits per heavy atom. The van der Waals surface area contributed by atoms with Gasteiger partial charge in [0.05, 0.1) is 12.1 Å². The van der Waals surface area contributed by atoms with Gasteiger partial charge in [0.15, 0.2) is 6.04 Å². The van der Waals surface area contributed by atoms with Crippen LogP contribution in [-0.2, 0) is 16.0 Å². The Kier molecular flexibility index (Phi) is 5.43. The molecular weight excluding hydrogens is 348 g/mol. The Morgan fingerprint density at radius 3 is 2.62 bits per heavy atom. The Morgan fingerprint density at radius 1 is 1.15 bits per heavy atom. The van der Waals surface area contributed by atoms with Gasteiger partial charge in [-0.3, -0.25) is 4.79 Å². The predicted octanol–water partition coefficient (Wildman–Crippen LogP) is 3.60. The minimum absolute atomic E-state index is 0.0406. The molecule has 0 aliphatic heterocycles. The van der Waals surface area contributed by atoms with Gasteiger partial charge in [-0.25, -0.2) is 9.78 Å². The van der Waals surface area contributed by atoms with Crippen molar-refractivity contribution in [3.63, 3.8) is 0 Å². The lowest BCUT2D eigenvalue weighted by Crippen LogP contribution is -2.34. The number of benzene rings is 2. The Bertz CT molecular complexity index is 922. The van der Waals surface area contributed by atoms with Crippen molar-refractivity contribution in [1.29, 1.82) is 0 Å². The van der Waals surface area contributed by atoms with E-state index in [1.807, 2.05) is 36.6 Å². The van der Waals surface area contributed by atoms with Crippen LogP contribution in [0.15, 0.2) is 60.0 Å². The number of aromatic nitrogens is 1. The number of carboxylic acid groups (broad SMARTS) is 1. The summed E-state index contributed by atoms with van der Waals surface area (Å²) in [4.78, 5) is 28.3. The van der Waals surface area contributed by atoms with Crippen LogP contribution in [0.25, 0.3) is 10.6 Å². The van der Waals surface area contributed by atoms with E-state index in [9.17, 15) is 14.7 Å². The van der Waals surface area contributed by atoms with E-state index in [4.69, 9.17) is 0 Å². The standard InChI is InChI=1S/C20H18N2O3S/c1-13-6-5-9-15(10-13)19-21-16(12-26-19)11-17(23)22-18(20(24)25)14-7-3-2-4-8-14/h2-10,12,18H,11H2,1H3,(H,22,23)(H,24,25)/t18-/m1/s1. The van der Waals surface area contributed by atoms with E-state index in [1.54, 1.807) is 30.3 Å². The van der Waals surface area contributed by atoms with Gasteiger partial charge in [0.25, 0.3) is 0 Å². The summed E-state index contributed by atoms with van der Waals surface area (Å²) < 4.78 is 0. The number of thiazole rings is 1. The van der Waals surface area contributed by atoms with Crippen LogP contribution in [0.4, 0.5) is 0 Å². The van der Waals surface area contributed by atoms with Crippen molar-refractivity contribution in [2.75, 3.05) is 0 Å². The minimum atomic E-state index is -1.09.